The van der Waals surface area contributed by atoms with Crippen molar-refractivity contribution in [2.75, 3.05) is 0 Å². The number of hydrogen-bond acceptors (Lipinski definition) is 5. The summed E-state index contributed by atoms with van der Waals surface area (Å²) in [5.41, 5.74) is 0.290. The van der Waals surface area contributed by atoms with E-state index in [-0.39, 0.29) is 24.5 Å². The molecule has 1 fully saturated rings. The maximum Gasteiger partial charge on any atom is 0.333 e. The van der Waals surface area contributed by atoms with Crippen LogP contribution in [0, 0.1) is 23.2 Å². The van der Waals surface area contributed by atoms with Gasteiger partial charge in [-0.1, -0.05) is 39.7 Å². The summed E-state index contributed by atoms with van der Waals surface area (Å²) < 4.78 is 5.77. The number of ketones is 1. The first kappa shape index (κ1) is 24.0. The number of esters is 1. The Morgan fingerprint density at radius 2 is 2.07 bits per heavy atom. The first-order chi connectivity index (χ1) is 14.1. The van der Waals surface area contributed by atoms with E-state index in [1.807, 2.05) is 13.0 Å². The molecule has 0 aliphatic heterocycles. The molecule has 1 saturated carbocycles. The average Bonchev–Trinajstić information content (AvgIpc) is 2.67. The van der Waals surface area contributed by atoms with Crippen LogP contribution in [0.25, 0.3) is 0 Å². The second-order valence-corrected chi connectivity index (χ2v) is 9.05. The van der Waals surface area contributed by atoms with E-state index in [1.165, 1.54) is 6.08 Å². The van der Waals surface area contributed by atoms with Crippen LogP contribution >= 0.6 is 0 Å². The Hall–Kier alpha value is -2.24. The molecule has 0 unspecified atom stereocenters. The van der Waals surface area contributed by atoms with E-state index in [0.717, 1.165) is 19.3 Å². The molecule has 1 N–H and O–H groups in total. The van der Waals surface area contributed by atoms with Crippen molar-refractivity contribution in [2.24, 2.45) is 23.2 Å². The summed E-state index contributed by atoms with van der Waals surface area (Å²) in [5.74, 6) is -2.47. The van der Waals surface area contributed by atoms with Gasteiger partial charge in [0.15, 0.2) is 5.78 Å². The monoisotopic (exact) mass is 418 g/mol. The Morgan fingerprint density at radius 1 is 1.37 bits per heavy atom. The zero-order chi connectivity index (χ0) is 22.5. The van der Waals surface area contributed by atoms with Gasteiger partial charge < -0.3 is 14.6 Å². The van der Waals surface area contributed by atoms with Gasteiger partial charge in [0.2, 0.25) is 0 Å². The van der Waals surface area contributed by atoms with E-state index in [1.54, 1.807) is 6.92 Å². The summed E-state index contributed by atoms with van der Waals surface area (Å²) in [6.45, 7) is 7.74. The standard InChI is InChI=1S/C24H34O6/c1-5-6-7-15(2)12-16(3)23(29)30-21-9-8-18(22(27)28)24(4)14-17(10-11-25)20(26)13-19(21)24/h11-13,15,17-18,21H,5-10,14H2,1-4H3,(H,27,28)/b16-12+/t15-,17+,18+,21+,24+/m0/s1. The summed E-state index contributed by atoms with van der Waals surface area (Å²) in [5, 5.41) is 9.75. The zero-order valence-electron chi connectivity index (χ0n) is 18.5. The average molecular weight is 419 g/mol. The van der Waals surface area contributed by atoms with E-state index in [0.29, 0.717) is 30.3 Å². The normalized spacial score (nSPS) is 30.1. The molecule has 0 spiro atoms. The van der Waals surface area contributed by atoms with Gasteiger partial charge >= 0.3 is 11.9 Å². The SMILES string of the molecule is CCCC[C@H](C)/C=C(\C)C(=O)O[C@@H]1CC[C@H](C(=O)O)[C@@]2(C)C[C@@H](CC=O)C(=O)C=C12. The molecule has 0 radical (unpaired) electrons. The van der Waals surface area contributed by atoms with Crippen molar-refractivity contribution >= 4 is 24.0 Å². The van der Waals surface area contributed by atoms with Crippen LogP contribution in [0.2, 0.25) is 0 Å². The highest BCUT2D eigenvalue weighted by Crippen LogP contribution is 2.52. The van der Waals surface area contributed by atoms with Gasteiger partial charge in [0.25, 0.3) is 0 Å². The van der Waals surface area contributed by atoms with Crippen LogP contribution in [-0.4, -0.2) is 35.2 Å². The van der Waals surface area contributed by atoms with Crippen molar-refractivity contribution in [2.45, 2.75) is 78.7 Å². The summed E-state index contributed by atoms with van der Waals surface area (Å²) in [4.78, 5) is 48.1. The number of rotatable bonds is 9. The van der Waals surface area contributed by atoms with Gasteiger partial charge in [0.1, 0.15) is 12.4 Å². The molecule has 5 atom stereocenters. The van der Waals surface area contributed by atoms with E-state index in [2.05, 4.69) is 13.8 Å². The van der Waals surface area contributed by atoms with Gasteiger partial charge in [-0.2, -0.15) is 0 Å². The van der Waals surface area contributed by atoms with Gasteiger partial charge in [-0.25, -0.2) is 4.79 Å². The lowest BCUT2D eigenvalue weighted by atomic mass is 9.56. The maximum absolute atomic E-state index is 12.7. The molecule has 0 bridgehead atoms. The van der Waals surface area contributed by atoms with Gasteiger partial charge in [-0.15, -0.1) is 0 Å². The van der Waals surface area contributed by atoms with Crippen LogP contribution < -0.4 is 0 Å². The fraction of sp³-hybridized carbons (Fsp3) is 0.667. The lowest BCUT2D eigenvalue weighted by Gasteiger charge is -2.48. The number of fused-ring (bicyclic) bond motifs is 1. The fourth-order valence-electron chi connectivity index (χ4n) is 4.92. The number of unbranched alkanes of at least 4 members (excludes halogenated alkanes) is 1. The fourth-order valence-corrected chi connectivity index (χ4v) is 4.92. The molecule has 2 aliphatic carbocycles. The van der Waals surface area contributed by atoms with Crippen molar-refractivity contribution in [1.82, 2.24) is 0 Å². The zero-order valence-corrected chi connectivity index (χ0v) is 18.5. The first-order valence-corrected chi connectivity index (χ1v) is 11.0. The lowest BCUT2D eigenvalue weighted by molar-refractivity contribution is -0.153. The summed E-state index contributed by atoms with van der Waals surface area (Å²) in [6, 6.07) is 0. The van der Waals surface area contributed by atoms with Gasteiger partial charge in [-0.05, 0) is 50.2 Å². The number of aldehydes is 1. The molecule has 0 aromatic rings. The Labute approximate surface area is 178 Å². The molecule has 0 aromatic carbocycles. The Morgan fingerprint density at radius 3 is 2.67 bits per heavy atom. The molecule has 30 heavy (non-hydrogen) atoms. The highest BCUT2D eigenvalue weighted by Gasteiger charge is 2.52. The van der Waals surface area contributed by atoms with Crippen LogP contribution in [0.5, 0.6) is 0 Å². The summed E-state index contributed by atoms with van der Waals surface area (Å²) in [7, 11) is 0. The van der Waals surface area contributed by atoms with Crippen molar-refractivity contribution in [3.05, 3.63) is 23.3 Å². The number of carboxylic acids is 1. The van der Waals surface area contributed by atoms with Gasteiger partial charge in [-0.3, -0.25) is 9.59 Å². The number of carboxylic acid groups (broad SMARTS) is 1. The number of allylic oxidation sites excluding steroid dienone is 2. The lowest BCUT2D eigenvalue weighted by Crippen LogP contribution is -2.48. The predicted octanol–water partition coefficient (Wildman–Crippen LogP) is 4.28. The summed E-state index contributed by atoms with van der Waals surface area (Å²) >= 11 is 0. The van der Waals surface area contributed by atoms with Gasteiger partial charge in [0, 0.05) is 23.3 Å². The molecule has 0 aromatic heterocycles. The third kappa shape index (κ3) is 5.27. The van der Waals surface area contributed by atoms with Gasteiger partial charge in [0.05, 0.1) is 5.92 Å². The largest absolute Gasteiger partial charge is 0.481 e. The number of carbonyl (C=O) groups excluding carboxylic acids is 3. The Kier molecular flexibility index (Phi) is 8.16. The predicted molar refractivity (Wildman–Crippen MR) is 113 cm³/mol. The topological polar surface area (TPSA) is 97.7 Å². The highest BCUT2D eigenvalue weighted by molar-refractivity contribution is 5.96. The highest BCUT2D eigenvalue weighted by atomic mass is 16.5. The second kappa shape index (κ2) is 10.2. The minimum atomic E-state index is -0.923. The van der Waals surface area contributed by atoms with E-state index < -0.39 is 35.3 Å². The van der Waals surface area contributed by atoms with Crippen LogP contribution in [0.15, 0.2) is 23.3 Å². The van der Waals surface area contributed by atoms with E-state index in [9.17, 15) is 24.3 Å². The quantitative estimate of drug-likeness (QED) is 0.341. The molecule has 6 nitrogen and oxygen atoms in total. The smallest absolute Gasteiger partial charge is 0.333 e. The minimum Gasteiger partial charge on any atom is -0.481 e. The van der Waals surface area contributed by atoms with Crippen molar-refractivity contribution < 1.29 is 29.0 Å². The van der Waals surface area contributed by atoms with Crippen LogP contribution in [0.3, 0.4) is 0 Å². The maximum atomic E-state index is 12.7. The minimum absolute atomic E-state index is 0.0759. The van der Waals surface area contributed by atoms with Crippen molar-refractivity contribution in [1.29, 1.82) is 0 Å². The summed E-state index contributed by atoms with van der Waals surface area (Å²) in [6.07, 6.45) is 7.72. The molecule has 2 aliphatic rings. The molecular weight excluding hydrogens is 384 g/mol. The molecule has 2 rings (SSSR count). The molecule has 0 heterocycles. The Bertz CT molecular complexity index is 749. The number of ether oxygens (including phenoxy) is 1. The van der Waals surface area contributed by atoms with Crippen LogP contribution in [0.4, 0.5) is 0 Å². The first-order valence-electron chi connectivity index (χ1n) is 11.0. The van der Waals surface area contributed by atoms with E-state index in [4.69, 9.17) is 4.74 Å². The number of carbonyl (C=O) groups is 4. The van der Waals surface area contributed by atoms with E-state index >= 15 is 0 Å². The molecule has 6 heteroatoms. The number of aliphatic carboxylic acids is 1. The second-order valence-electron chi connectivity index (χ2n) is 9.05. The molecular formula is C24H34O6. The third-order valence-corrected chi connectivity index (χ3v) is 6.66. The third-order valence-electron chi connectivity index (χ3n) is 6.66. The van der Waals surface area contributed by atoms with Crippen molar-refractivity contribution in [3.63, 3.8) is 0 Å². The molecule has 166 valence electrons. The molecule has 0 saturated heterocycles. The Balaban J connectivity index is 2.25. The van der Waals surface area contributed by atoms with Crippen molar-refractivity contribution in [3.8, 4) is 0 Å². The number of hydrogen-bond donors (Lipinski definition) is 1. The van der Waals surface area contributed by atoms with Crippen LogP contribution in [-0.2, 0) is 23.9 Å². The molecule has 0 amide bonds. The van der Waals surface area contributed by atoms with Crippen LogP contribution in [0.1, 0.15) is 72.6 Å².